The van der Waals surface area contributed by atoms with Crippen LogP contribution in [0.25, 0.3) is 21.5 Å². The lowest BCUT2D eigenvalue weighted by molar-refractivity contribution is 0.885. The molecule has 0 amide bonds. The van der Waals surface area contributed by atoms with E-state index in [2.05, 4.69) is 69.3 Å². The minimum Gasteiger partial charge on any atom is -0.0616 e. The number of hydrogen-bond acceptors (Lipinski definition) is 0. The van der Waals surface area contributed by atoms with Crippen molar-refractivity contribution in [3.05, 3.63) is 59.7 Å². The zero-order chi connectivity index (χ0) is 12.7. The Morgan fingerprint density at radius 2 is 1.50 bits per heavy atom. The van der Waals surface area contributed by atoms with Gasteiger partial charge in [0.25, 0.3) is 0 Å². The molecule has 0 unspecified atom stereocenters. The van der Waals surface area contributed by atoms with Gasteiger partial charge in [-0.1, -0.05) is 56.3 Å². The molecule has 0 atom stereocenters. The zero-order valence-corrected chi connectivity index (χ0v) is 11.2. The van der Waals surface area contributed by atoms with Gasteiger partial charge in [0.1, 0.15) is 0 Å². The summed E-state index contributed by atoms with van der Waals surface area (Å²) in [4.78, 5) is 0. The molecule has 0 heteroatoms. The van der Waals surface area contributed by atoms with Gasteiger partial charge < -0.3 is 0 Å². The van der Waals surface area contributed by atoms with E-state index in [-0.39, 0.29) is 0 Å². The zero-order valence-electron chi connectivity index (χ0n) is 11.2. The highest BCUT2D eigenvalue weighted by Crippen LogP contribution is 2.34. The number of rotatable bonds is 1. The number of fused-ring (bicyclic) bond motifs is 2. The molecule has 0 aromatic heterocycles. The normalized spacial score (nSPS) is 11.6. The quantitative estimate of drug-likeness (QED) is 0.493. The van der Waals surface area contributed by atoms with E-state index in [1.807, 2.05) is 0 Å². The van der Waals surface area contributed by atoms with E-state index in [1.165, 1.54) is 32.7 Å². The molecule has 3 aromatic rings. The van der Waals surface area contributed by atoms with Crippen molar-refractivity contribution in [2.24, 2.45) is 0 Å². The topological polar surface area (TPSA) is 0 Å². The van der Waals surface area contributed by atoms with Crippen LogP contribution in [0.1, 0.15) is 30.9 Å². The molecule has 0 radical (unpaired) electrons. The fourth-order valence-electron chi connectivity index (χ4n) is 2.90. The Balaban J connectivity index is 2.59. The Bertz CT molecular complexity index is 721. The lowest BCUT2D eigenvalue weighted by Gasteiger charge is -2.15. The Kier molecular flexibility index (Phi) is 2.59. The molecule has 3 rings (SSSR count). The van der Waals surface area contributed by atoms with Crippen LogP contribution in [0.15, 0.2) is 48.5 Å². The summed E-state index contributed by atoms with van der Waals surface area (Å²) in [5, 5.41) is 5.54. The van der Waals surface area contributed by atoms with Crippen LogP contribution in [0.2, 0.25) is 0 Å². The highest BCUT2D eigenvalue weighted by atomic mass is 14.1. The van der Waals surface area contributed by atoms with Gasteiger partial charge in [0, 0.05) is 0 Å². The van der Waals surface area contributed by atoms with Crippen LogP contribution in [0.3, 0.4) is 0 Å². The average Bonchev–Trinajstić information content (AvgIpc) is 2.36. The monoisotopic (exact) mass is 234 g/mol. The van der Waals surface area contributed by atoms with Gasteiger partial charge in [-0.3, -0.25) is 0 Å². The largest absolute Gasteiger partial charge is 0.0616 e. The molecule has 0 saturated carbocycles. The molecule has 0 aliphatic carbocycles. The lowest BCUT2D eigenvalue weighted by Crippen LogP contribution is -1.93. The summed E-state index contributed by atoms with van der Waals surface area (Å²) in [6.07, 6.45) is 0. The fraction of sp³-hybridized carbons (Fsp3) is 0.222. The molecular weight excluding hydrogens is 216 g/mol. The number of benzene rings is 3. The first-order valence-electron chi connectivity index (χ1n) is 6.59. The van der Waals surface area contributed by atoms with Crippen LogP contribution in [0.4, 0.5) is 0 Å². The van der Waals surface area contributed by atoms with Gasteiger partial charge >= 0.3 is 0 Å². The maximum Gasteiger partial charge on any atom is -0.0140 e. The predicted molar refractivity (Wildman–Crippen MR) is 80.3 cm³/mol. The Hall–Kier alpha value is -1.82. The van der Waals surface area contributed by atoms with Gasteiger partial charge in [-0.2, -0.15) is 0 Å². The van der Waals surface area contributed by atoms with E-state index in [4.69, 9.17) is 0 Å². The molecule has 0 fully saturated rings. The van der Waals surface area contributed by atoms with Crippen molar-refractivity contribution in [3.63, 3.8) is 0 Å². The lowest BCUT2D eigenvalue weighted by atomic mass is 9.89. The van der Waals surface area contributed by atoms with Crippen LogP contribution in [0, 0.1) is 6.92 Å². The average molecular weight is 234 g/mol. The highest BCUT2D eigenvalue weighted by Gasteiger charge is 2.11. The van der Waals surface area contributed by atoms with Gasteiger partial charge in [0.2, 0.25) is 0 Å². The van der Waals surface area contributed by atoms with Gasteiger partial charge in [-0.05, 0) is 51.6 Å². The summed E-state index contributed by atoms with van der Waals surface area (Å²) in [7, 11) is 0. The first-order valence-corrected chi connectivity index (χ1v) is 6.59. The van der Waals surface area contributed by atoms with Crippen molar-refractivity contribution >= 4 is 21.5 Å². The minimum atomic E-state index is 0.542. The first kappa shape index (κ1) is 11.3. The van der Waals surface area contributed by atoms with Crippen LogP contribution < -0.4 is 0 Å². The maximum absolute atomic E-state index is 2.33. The molecule has 90 valence electrons. The summed E-state index contributed by atoms with van der Waals surface area (Å²) in [6.45, 7) is 6.76. The molecule has 3 aromatic carbocycles. The number of hydrogen-bond donors (Lipinski definition) is 0. The summed E-state index contributed by atoms with van der Waals surface area (Å²) >= 11 is 0. The second-order valence-corrected chi connectivity index (χ2v) is 5.34. The second kappa shape index (κ2) is 4.13. The molecule has 0 N–H and O–H groups in total. The molecule has 0 bridgehead atoms. The first-order chi connectivity index (χ1) is 8.68. The van der Waals surface area contributed by atoms with Gasteiger partial charge in [-0.15, -0.1) is 0 Å². The van der Waals surface area contributed by atoms with Gasteiger partial charge in [0.15, 0.2) is 0 Å². The third kappa shape index (κ3) is 1.60. The van der Waals surface area contributed by atoms with Crippen molar-refractivity contribution in [2.45, 2.75) is 26.7 Å². The molecule has 0 nitrogen and oxygen atoms in total. The van der Waals surface area contributed by atoms with Crippen molar-refractivity contribution in [2.75, 3.05) is 0 Å². The van der Waals surface area contributed by atoms with E-state index in [0.717, 1.165) is 0 Å². The van der Waals surface area contributed by atoms with Crippen LogP contribution in [-0.4, -0.2) is 0 Å². The molecule has 0 spiro atoms. The summed E-state index contributed by atoms with van der Waals surface area (Å²) in [5.74, 6) is 0.542. The van der Waals surface area contributed by atoms with Gasteiger partial charge in [-0.25, -0.2) is 0 Å². The molecule has 18 heavy (non-hydrogen) atoms. The third-order valence-electron chi connectivity index (χ3n) is 3.74. The van der Waals surface area contributed by atoms with E-state index in [0.29, 0.717) is 5.92 Å². The molecule has 0 heterocycles. The van der Waals surface area contributed by atoms with E-state index >= 15 is 0 Å². The summed E-state index contributed by atoms with van der Waals surface area (Å²) in [6, 6.07) is 17.7. The Morgan fingerprint density at radius 3 is 2.28 bits per heavy atom. The second-order valence-electron chi connectivity index (χ2n) is 5.34. The van der Waals surface area contributed by atoms with Gasteiger partial charge in [0.05, 0.1) is 0 Å². The predicted octanol–water partition coefficient (Wildman–Crippen LogP) is 5.42. The molecular formula is C18H18. The highest BCUT2D eigenvalue weighted by molar-refractivity contribution is 6.03. The third-order valence-corrected chi connectivity index (χ3v) is 3.74. The van der Waals surface area contributed by atoms with E-state index in [9.17, 15) is 0 Å². The van der Waals surface area contributed by atoms with E-state index < -0.39 is 0 Å². The SMILES string of the molecule is Cc1cccc2c(C(C)C)c3ccccc3cc12. The fourth-order valence-corrected chi connectivity index (χ4v) is 2.90. The standard InChI is InChI=1S/C18H18/c1-12(2)18-15-9-5-4-8-14(15)11-17-13(3)7-6-10-16(17)18/h4-12H,1-3H3. The van der Waals surface area contributed by atoms with Crippen molar-refractivity contribution in [3.8, 4) is 0 Å². The summed E-state index contributed by atoms with van der Waals surface area (Å²) in [5.41, 5.74) is 2.84. The molecule has 0 saturated heterocycles. The Morgan fingerprint density at radius 1 is 0.778 bits per heavy atom. The molecule has 0 aliphatic rings. The van der Waals surface area contributed by atoms with Crippen LogP contribution >= 0.6 is 0 Å². The van der Waals surface area contributed by atoms with Crippen LogP contribution in [0.5, 0.6) is 0 Å². The summed E-state index contributed by atoms with van der Waals surface area (Å²) < 4.78 is 0. The van der Waals surface area contributed by atoms with Crippen LogP contribution in [-0.2, 0) is 0 Å². The Labute approximate surface area is 108 Å². The molecule has 0 aliphatic heterocycles. The smallest absolute Gasteiger partial charge is 0.0140 e. The maximum atomic E-state index is 2.33. The van der Waals surface area contributed by atoms with Crippen molar-refractivity contribution in [1.82, 2.24) is 0 Å². The van der Waals surface area contributed by atoms with Crippen molar-refractivity contribution in [1.29, 1.82) is 0 Å². The van der Waals surface area contributed by atoms with E-state index in [1.54, 1.807) is 0 Å². The number of aryl methyl sites for hydroxylation is 1. The van der Waals surface area contributed by atoms with Crippen molar-refractivity contribution < 1.29 is 0 Å². The minimum absolute atomic E-state index is 0.542.